The molecule has 0 saturated carbocycles. The third-order valence-electron chi connectivity index (χ3n) is 3.35. The highest BCUT2D eigenvalue weighted by Crippen LogP contribution is 2.36. The minimum atomic E-state index is -0.769. The van der Waals surface area contributed by atoms with E-state index in [9.17, 15) is 4.79 Å². The van der Waals surface area contributed by atoms with Crippen LogP contribution >= 0.6 is 11.8 Å². The molecule has 2 heterocycles. The van der Waals surface area contributed by atoms with Crippen molar-refractivity contribution in [2.24, 2.45) is 5.92 Å². The summed E-state index contributed by atoms with van der Waals surface area (Å²) in [4.78, 5) is 10.5. The minimum absolute atomic E-state index is 0.0508. The highest BCUT2D eigenvalue weighted by molar-refractivity contribution is 7.99. The summed E-state index contributed by atoms with van der Waals surface area (Å²) in [5.41, 5.74) is 0. The number of carbonyl (C=O) groups is 1. The molecule has 3 unspecified atom stereocenters. The van der Waals surface area contributed by atoms with Crippen molar-refractivity contribution in [3.8, 4) is 0 Å². The number of thioether (sulfide) groups is 1. The fourth-order valence-electron chi connectivity index (χ4n) is 2.49. The smallest absolute Gasteiger partial charge is 0.303 e. The van der Waals surface area contributed by atoms with Crippen LogP contribution in [0.25, 0.3) is 0 Å². The maximum Gasteiger partial charge on any atom is 0.303 e. The van der Waals surface area contributed by atoms with Gasteiger partial charge in [0.25, 0.3) is 0 Å². The standard InChI is InChI=1S/C12H20O4S/c1-12(6-9-4-5-17-8-9)15-7-10(16-12)2-3-11(13)14/h9-10H,2-8H2,1H3,(H,13,14). The number of hydrogen-bond donors (Lipinski definition) is 1. The van der Waals surface area contributed by atoms with Crippen molar-refractivity contribution in [2.75, 3.05) is 18.1 Å². The number of carboxylic acid groups (broad SMARTS) is 1. The molecule has 0 spiro atoms. The van der Waals surface area contributed by atoms with Crippen molar-refractivity contribution in [2.45, 2.75) is 44.5 Å². The molecule has 0 aromatic heterocycles. The Labute approximate surface area is 106 Å². The molecular formula is C12H20O4S. The monoisotopic (exact) mass is 260 g/mol. The average molecular weight is 260 g/mol. The Bertz CT molecular complexity index is 278. The fourth-order valence-corrected chi connectivity index (χ4v) is 3.78. The normalized spacial score (nSPS) is 37.5. The van der Waals surface area contributed by atoms with Crippen molar-refractivity contribution in [1.82, 2.24) is 0 Å². The van der Waals surface area contributed by atoms with Crippen LogP contribution in [0.1, 0.15) is 32.6 Å². The Morgan fingerprint density at radius 2 is 2.41 bits per heavy atom. The molecule has 2 rings (SSSR count). The largest absolute Gasteiger partial charge is 0.481 e. The van der Waals surface area contributed by atoms with Crippen molar-refractivity contribution in [3.63, 3.8) is 0 Å². The molecule has 17 heavy (non-hydrogen) atoms. The zero-order valence-corrected chi connectivity index (χ0v) is 11.0. The lowest BCUT2D eigenvalue weighted by Crippen LogP contribution is -2.30. The van der Waals surface area contributed by atoms with E-state index in [1.807, 2.05) is 18.7 Å². The lowest BCUT2D eigenvalue weighted by molar-refractivity contribution is -0.166. The average Bonchev–Trinajstić information content (AvgIpc) is 2.86. The quantitative estimate of drug-likeness (QED) is 0.820. The lowest BCUT2D eigenvalue weighted by atomic mass is 9.99. The number of ether oxygens (including phenoxy) is 2. The summed E-state index contributed by atoms with van der Waals surface area (Å²) in [6.45, 7) is 2.51. The Hall–Kier alpha value is -0.260. The van der Waals surface area contributed by atoms with E-state index in [0.29, 0.717) is 18.9 Å². The van der Waals surface area contributed by atoms with E-state index in [0.717, 1.165) is 6.42 Å². The van der Waals surface area contributed by atoms with Gasteiger partial charge < -0.3 is 14.6 Å². The first-order chi connectivity index (χ1) is 8.07. The number of hydrogen-bond acceptors (Lipinski definition) is 4. The van der Waals surface area contributed by atoms with Crippen LogP contribution in [0.2, 0.25) is 0 Å². The Morgan fingerprint density at radius 1 is 1.59 bits per heavy atom. The van der Waals surface area contributed by atoms with Crippen LogP contribution in [-0.4, -0.2) is 41.1 Å². The summed E-state index contributed by atoms with van der Waals surface area (Å²) in [7, 11) is 0. The zero-order valence-electron chi connectivity index (χ0n) is 10.2. The fraction of sp³-hybridized carbons (Fsp3) is 0.917. The summed E-state index contributed by atoms with van der Waals surface area (Å²) >= 11 is 1.99. The molecule has 2 aliphatic heterocycles. The highest BCUT2D eigenvalue weighted by atomic mass is 32.2. The molecule has 0 amide bonds. The van der Waals surface area contributed by atoms with Crippen LogP contribution in [0.5, 0.6) is 0 Å². The molecule has 0 radical (unpaired) electrons. The van der Waals surface area contributed by atoms with Crippen molar-refractivity contribution >= 4 is 17.7 Å². The second-order valence-electron chi connectivity index (χ2n) is 5.05. The van der Waals surface area contributed by atoms with E-state index in [2.05, 4.69) is 0 Å². The van der Waals surface area contributed by atoms with Gasteiger partial charge in [0, 0.05) is 12.8 Å². The van der Waals surface area contributed by atoms with E-state index in [-0.39, 0.29) is 12.5 Å². The van der Waals surface area contributed by atoms with Gasteiger partial charge in [-0.2, -0.15) is 11.8 Å². The van der Waals surface area contributed by atoms with Gasteiger partial charge in [0.15, 0.2) is 5.79 Å². The number of aliphatic carboxylic acids is 1. The molecule has 0 bridgehead atoms. The van der Waals surface area contributed by atoms with Gasteiger partial charge in [-0.25, -0.2) is 0 Å². The maximum atomic E-state index is 10.5. The van der Waals surface area contributed by atoms with Gasteiger partial charge in [0.2, 0.25) is 0 Å². The van der Waals surface area contributed by atoms with Crippen LogP contribution in [0.15, 0.2) is 0 Å². The molecule has 2 aliphatic rings. The summed E-state index contributed by atoms with van der Waals surface area (Å²) in [5.74, 6) is 1.86. The van der Waals surface area contributed by atoms with Crippen LogP contribution in [0, 0.1) is 5.92 Å². The molecule has 2 saturated heterocycles. The van der Waals surface area contributed by atoms with Crippen molar-refractivity contribution in [1.29, 1.82) is 0 Å². The topological polar surface area (TPSA) is 55.8 Å². The van der Waals surface area contributed by atoms with Crippen molar-refractivity contribution in [3.05, 3.63) is 0 Å². The van der Waals surface area contributed by atoms with Gasteiger partial charge in [0.05, 0.1) is 12.7 Å². The second-order valence-corrected chi connectivity index (χ2v) is 6.20. The molecule has 1 N–H and O–H groups in total. The predicted molar refractivity (Wildman–Crippen MR) is 66.1 cm³/mol. The summed E-state index contributed by atoms with van der Waals surface area (Å²) in [5, 5.41) is 8.63. The van der Waals surface area contributed by atoms with E-state index in [4.69, 9.17) is 14.6 Å². The molecule has 4 nitrogen and oxygen atoms in total. The first-order valence-corrected chi connectivity index (χ1v) is 7.34. The van der Waals surface area contributed by atoms with E-state index in [1.165, 1.54) is 17.9 Å². The van der Waals surface area contributed by atoms with E-state index >= 15 is 0 Å². The first kappa shape index (κ1) is 13.2. The molecule has 3 atom stereocenters. The van der Waals surface area contributed by atoms with Gasteiger partial charge in [-0.1, -0.05) is 0 Å². The van der Waals surface area contributed by atoms with Crippen LogP contribution < -0.4 is 0 Å². The van der Waals surface area contributed by atoms with Gasteiger partial charge in [-0.05, 0) is 37.2 Å². The Balaban J connectivity index is 1.76. The summed E-state index contributed by atoms with van der Waals surface area (Å²) in [6, 6.07) is 0. The van der Waals surface area contributed by atoms with E-state index in [1.54, 1.807) is 0 Å². The molecule has 5 heteroatoms. The molecule has 98 valence electrons. The summed E-state index contributed by atoms with van der Waals surface area (Å²) < 4.78 is 11.6. The molecular weight excluding hydrogens is 240 g/mol. The molecule has 2 fully saturated rings. The van der Waals surface area contributed by atoms with Gasteiger partial charge in [-0.3, -0.25) is 4.79 Å². The molecule has 0 aliphatic carbocycles. The number of carboxylic acids is 1. The third-order valence-corrected chi connectivity index (χ3v) is 4.59. The zero-order chi connectivity index (χ0) is 12.3. The predicted octanol–water partition coefficient (Wildman–Crippen LogP) is 2.13. The SMILES string of the molecule is CC1(CC2CCSC2)OCC(CCC(=O)O)O1. The summed E-state index contributed by atoms with van der Waals surface area (Å²) in [6.07, 6.45) is 2.83. The molecule has 0 aromatic rings. The number of rotatable bonds is 5. The van der Waals surface area contributed by atoms with Crippen molar-refractivity contribution < 1.29 is 19.4 Å². The third kappa shape index (κ3) is 3.86. The van der Waals surface area contributed by atoms with Crippen LogP contribution in [0.4, 0.5) is 0 Å². The second kappa shape index (κ2) is 5.59. The first-order valence-electron chi connectivity index (χ1n) is 6.19. The van der Waals surface area contributed by atoms with Gasteiger partial charge >= 0.3 is 5.97 Å². The van der Waals surface area contributed by atoms with Crippen LogP contribution in [-0.2, 0) is 14.3 Å². The highest BCUT2D eigenvalue weighted by Gasteiger charge is 2.39. The Kier molecular flexibility index (Phi) is 4.33. The Morgan fingerprint density at radius 3 is 3.06 bits per heavy atom. The van der Waals surface area contributed by atoms with Gasteiger partial charge in [0.1, 0.15) is 0 Å². The lowest BCUT2D eigenvalue weighted by Gasteiger charge is -2.26. The van der Waals surface area contributed by atoms with E-state index < -0.39 is 11.8 Å². The maximum absolute atomic E-state index is 10.5. The van der Waals surface area contributed by atoms with Crippen LogP contribution in [0.3, 0.4) is 0 Å². The molecule has 0 aromatic carbocycles. The van der Waals surface area contributed by atoms with Gasteiger partial charge in [-0.15, -0.1) is 0 Å². The minimum Gasteiger partial charge on any atom is -0.481 e.